The molecule has 4 heterocycles. The van der Waals surface area contributed by atoms with Gasteiger partial charge in [0.05, 0.1) is 24.2 Å². The quantitative estimate of drug-likeness (QED) is 0.529. The second kappa shape index (κ2) is 6.70. The summed E-state index contributed by atoms with van der Waals surface area (Å²) in [5, 5.41) is 8.62. The van der Waals surface area contributed by atoms with Crippen LogP contribution >= 0.6 is 0 Å². The molecule has 0 unspecified atom stereocenters. The molecule has 1 aliphatic heterocycles. The van der Waals surface area contributed by atoms with Crippen LogP contribution in [0, 0.1) is 6.92 Å². The Morgan fingerprint density at radius 2 is 1.83 bits per heavy atom. The van der Waals surface area contributed by atoms with Crippen LogP contribution in [0.5, 0.6) is 0 Å². The molecular weight excluding hydrogens is 370 g/mol. The molecule has 1 aromatic carbocycles. The van der Waals surface area contributed by atoms with E-state index in [1.54, 1.807) is 11.0 Å². The summed E-state index contributed by atoms with van der Waals surface area (Å²) in [4.78, 5) is 20.3. The predicted molar refractivity (Wildman–Crippen MR) is 110 cm³/mol. The van der Waals surface area contributed by atoms with E-state index in [1.165, 1.54) is 0 Å². The van der Waals surface area contributed by atoms with Gasteiger partial charge in [0, 0.05) is 19.1 Å². The third-order valence-corrected chi connectivity index (χ3v) is 5.41. The summed E-state index contributed by atoms with van der Waals surface area (Å²) in [6.07, 6.45) is 1.69. The molecule has 0 bridgehead atoms. The minimum Gasteiger partial charge on any atom is -0.378 e. The van der Waals surface area contributed by atoms with E-state index >= 15 is 0 Å². The normalized spacial score (nSPS) is 15.1. The summed E-state index contributed by atoms with van der Waals surface area (Å²) in [6.45, 7) is 8.75. The highest BCUT2D eigenvalue weighted by Crippen LogP contribution is 2.26. The fourth-order valence-corrected chi connectivity index (χ4v) is 4.12. The van der Waals surface area contributed by atoms with E-state index in [0.29, 0.717) is 24.5 Å². The van der Waals surface area contributed by atoms with Gasteiger partial charge in [-0.05, 0) is 32.9 Å². The van der Waals surface area contributed by atoms with E-state index in [2.05, 4.69) is 20.2 Å². The summed E-state index contributed by atoms with van der Waals surface area (Å²) < 4.78 is 10.8. The molecule has 0 N–H and O–H groups in total. The van der Waals surface area contributed by atoms with Crippen LogP contribution in [-0.4, -0.2) is 55.2 Å². The van der Waals surface area contributed by atoms with Crippen molar-refractivity contribution in [2.75, 3.05) is 31.2 Å². The average molecular weight is 393 g/mol. The second-order valence-electron chi connectivity index (χ2n) is 7.55. The van der Waals surface area contributed by atoms with Gasteiger partial charge < -0.3 is 14.2 Å². The average Bonchev–Trinajstić information content (AvgIpc) is 3.32. The lowest BCUT2D eigenvalue weighted by atomic mass is 10.2. The Morgan fingerprint density at radius 1 is 1.10 bits per heavy atom. The molecule has 0 saturated carbocycles. The van der Waals surface area contributed by atoms with Gasteiger partial charge in [-0.1, -0.05) is 17.3 Å². The predicted octanol–water partition coefficient (Wildman–Crippen LogP) is 1.96. The first kappa shape index (κ1) is 17.9. The van der Waals surface area contributed by atoms with Gasteiger partial charge in [0.1, 0.15) is 12.0 Å². The van der Waals surface area contributed by atoms with E-state index in [1.807, 2.05) is 54.0 Å². The van der Waals surface area contributed by atoms with Gasteiger partial charge in [-0.25, -0.2) is 4.98 Å². The molecule has 1 fully saturated rings. The van der Waals surface area contributed by atoms with Crippen molar-refractivity contribution in [2.24, 2.45) is 0 Å². The maximum atomic E-state index is 13.5. The number of aryl methyl sites for hydroxylation is 1. The van der Waals surface area contributed by atoms with Gasteiger partial charge >= 0.3 is 0 Å². The zero-order valence-electron chi connectivity index (χ0n) is 16.7. The molecule has 9 heteroatoms. The van der Waals surface area contributed by atoms with Crippen LogP contribution < -0.4 is 10.5 Å². The van der Waals surface area contributed by atoms with E-state index in [-0.39, 0.29) is 11.6 Å². The standard InChI is InChI=1S/C20H23N7O2/c1-13(2)26-16-7-5-4-6-15(16)25-12-21-18(17(25)20(26)28)27-19(14(3)22-23-27)24-8-10-29-11-9-24/h4-7,12-13H,8-11H2,1-3H3. The van der Waals surface area contributed by atoms with E-state index in [0.717, 1.165) is 35.6 Å². The molecule has 0 amide bonds. The lowest BCUT2D eigenvalue weighted by Gasteiger charge is -2.28. The zero-order valence-corrected chi connectivity index (χ0v) is 16.7. The number of imidazole rings is 1. The van der Waals surface area contributed by atoms with Crippen molar-refractivity contribution in [3.63, 3.8) is 0 Å². The van der Waals surface area contributed by atoms with Crippen molar-refractivity contribution in [2.45, 2.75) is 26.8 Å². The summed E-state index contributed by atoms with van der Waals surface area (Å²) in [5.74, 6) is 1.36. The van der Waals surface area contributed by atoms with Crippen molar-refractivity contribution < 1.29 is 4.74 Å². The molecule has 150 valence electrons. The first-order chi connectivity index (χ1) is 14.1. The van der Waals surface area contributed by atoms with Gasteiger partial charge in [-0.2, -0.15) is 4.68 Å². The number of hydrogen-bond acceptors (Lipinski definition) is 6. The minimum atomic E-state index is -0.0905. The number of fused-ring (bicyclic) bond motifs is 3. The van der Waals surface area contributed by atoms with Gasteiger partial charge in [0.2, 0.25) is 0 Å². The van der Waals surface area contributed by atoms with Crippen molar-refractivity contribution in [3.05, 3.63) is 46.6 Å². The molecule has 1 saturated heterocycles. The Kier molecular flexibility index (Phi) is 4.13. The number of para-hydroxylation sites is 2. The van der Waals surface area contributed by atoms with Gasteiger partial charge in [0.15, 0.2) is 17.2 Å². The molecule has 29 heavy (non-hydrogen) atoms. The molecule has 1 aliphatic rings. The molecule has 4 aromatic rings. The van der Waals surface area contributed by atoms with Gasteiger partial charge in [-0.15, -0.1) is 5.10 Å². The SMILES string of the molecule is Cc1nnn(-c2ncn3c2c(=O)n(C(C)C)c2ccccc23)c1N1CCOCC1. The van der Waals surface area contributed by atoms with Crippen LogP contribution in [-0.2, 0) is 4.74 Å². The summed E-state index contributed by atoms with van der Waals surface area (Å²) in [5.41, 5.74) is 3.02. The highest BCUT2D eigenvalue weighted by Gasteiger charge is 2.25. The number of rotatable bonds is 3. The zero-order chi connectivity index (χ0) is 20.1. The summed E-state index contributed by atoms with van der Waals surface area (Å²) >= 11 is 0. The summed E-state index contributed by atoms with van der Waals surface area (Å²) in [6, 6.07) is 7.89. The smallest absolute Gasteiger partial charge is 0.279 e. The van der Waals surface area contributed by atoms with E-state index in [4.69, 9.17) is 4.74 Å². The Morgan fingerprint density at radius 3 is 2.55 bits per heavy atom. The molecular formula is C20H23N7O2. The summed E-state index contributed by atoms with van der Waals surface area (Å²) in [7, 11) is 0. The monoisotopic (exact) mass is 393 g/mol. The van der Waals surface area contributed by atoms with Crippen molar-refractivity contribution in [3.8, 4) is 5.82 Å². The van der Waals surface area contributed by atoms with Crippen LogP contribution in [0.4, 0.5) is 5.82 Å². The highest BCUT2D eigenvalue weighted by atomic mass is 16.5. The number of aromatic nitrogens is 6. The van der Waals surface area contributed by atoms with Crippen LogP contribution in [0.3, 0.4) is 0 Å². The largest absolute Gasteiger partial charge is 0.378 e. The highest BCUT2D eigenvalue weighted by molar-refractivity contribution is 5.81. The first-order valence-corrected chi connectivity index (χ1v) is 9.83. The van der Waals surface area contributed by atoms with Crippen LogP contribution in [0.2, 0.25) is 0 Å². The number of ether oxygens (including phenoxy) is 1. The first-order valence-electron chi connectivity index (χ1n) is 9.83. The second-order valence-corrected chi connectivity index (χ2v) is 7.55. The molecule has 0 aliphatic carbocycles. The molecule has 0 radical (unpaired) electrons. The number of anilines is 1. The third-order valence-electron chi connectivity index (χ3n) is 5.41. The number of morpholine rings is 1. The third kappa shape index (κ3) is 2.65. The molecule has 0 spiro atoms. The molecule has 0 atom stereocenters. The van der Waals surface area contributed by atoms with E-state index < -0.39 is 0 Å². The lowest BCUT2D eigenvalue weighted by molar-refractivity contribution is 0.122. The molecule has 5 rings (SSSR count). The maximum Gasteiger partial charge on any atom is 0.279 e. The number of benzene rings is 1. The Balaban J connectivity index is 1.82. The molecule has 9 nitrogen and oxygen atoms in total. The minimum absolute atomic E-state index is 0.0105. The topological polar surface area (TPSA) is 82.5 Å². The van der Waals surface area contributed by atoms with Crippen LogP contribution in [0.15, 0.2) is 35.4 Å². The Hall–Kier alpha value is -3.20. The number of hydrogen-bond donors (Lipinski definition) is 0. The van der Waals surface area contributed by atoms with Crippen LogP contribution in [0.1, 0.15) is 25.6 Å². The maximum absolute atomic E-state index is 13.5. The fraction of sp³-hybridized carbons (Fsp3) is 0.400. The Bertz CT molecular complexity index is 1260. The van der Waals surface area contributed by atoms with Crippen molar-refractivity contribution in [1.29, 1.82) is 0 Å². The van der Waals surface area contributed by atoms with E-state index in [9.17, 15) is 4.79 Å². The fourth-order valence-electron chi connectivity index (χ4n) is 4.12. The molecule has 3 aromatic heterocycles. The van der Waals surface area contributed by atoms with Gasteiger partial charge in [-0.3, -0.25) is 9.20 Å². The van der Waals surface area contributed by atoms with Crippen molar-refractivity contribution in [1.82, 2.24) is 28.9 Å². The number of nitrogens with zero attached hydrogens (tertiary/aromatic N) is 7. The Labute approximate surface area is 167 Å². The van der Waals surface area contributed by atoms with Crippen LogP contribution in [0.25, 0.3) is 22.4 Å². The van der Waals surface area contributed by atoms with Gasteiger partial charge in [0.25, 0.3) is 5.56 Å². The lowest BCUT2D eigenvalue weighted by Crippen LogP contribution is -2.38. The van der Waals surface area contributed by atoms with Crippen molar-refractivity contribution >= 4 is 22.4 Å².